The number of nitrogens with two attached hydrogens (primary N) is 1. The lowest BCUT2D eigenvalue weighted by atomic mass is 10.0. The molecular formula is C29H40FN3O3. The van der Waals surface area contributed by atoms with E-state index in [0.29, 0.717) is 18.9 Å². The van der Waals surface area contributed by atoms with Crippen LogP contribution >= 0.6 is 0 Å². The Morgan fingerprint density at radius 2 is 1.81 bits per heavy atom. The molecule has 0 aromatic heterocycles. The van der Waals surface area contributed by atoms with E-state index in [1.807, 2.05) is 6.07 Å². The lowest BCUT2D eigenvalue weighted by molar-refractivity contribution is -0.125. The summed E-state index contributed by atoms with van der Waals surface area (Å²) in [6, 6.07) is 13.8. The molecule has 7 heteroatoms. The number of carbonyl (C=O) groups excluding carboxylic acids is 2. The highest BCUT2D eigenvalue weighted by Gasteiger charge is 2.43. The van der Waals surface area contributed by atoms with Crippen molar-refractivity contribution in [3.05, 3.63) is 65.0 Å². The van der Waals surface area contributed by atoms with E-state index in [2.05, 4.69) is 41.8 Å². The molecule has 3 rings (SSSR count). The minimum Gasteiger partial charge on any atom is -0.493 e. The van der Waals surface area contributed by atoms with E-state index in [9.17, 15) is 14.0 Å². The fourth-order valence-electron chi connectivity index (χ4n) is 4.38. The molecule has 0 heterocycles. The maximum atomic E-state index is 14.1. The Hall–Kier alpha value is -2.93. The van der Waals surface area contributed by atoms with Gasteiger partial charge in [-0.25, -0.2) is 4.39 Å². The Bertz CT molecular complexity index is 1010. The lowest BCUT2D eigenvalue weighted by Gasteiger charge is -2.19. The van der Waals surface area contributed by atoms with Crippen molar-refractivity contribution >= 4 is 11.8 Å². The number of nitrogens with one attached hydrogen (secondary N) is 2. The first-order valence-corrected chi connectivity index (χ1v) is 13.2. The third-order valence-corrected chi connectivity index (χ3v) is 6.68. The van der Waals surface area contributed by atoms with Gasteiger partial charge >= 0.3 is 0 Å². The van der Waals surface area contributed by atoms with Crippen molar-refractivity contribution in [2.24, 2.45) is 5.73 Å². The molecule has 2 aromatic carbocycles. The smallest absolute Gasteiger partial charge is 0.220 e. The largest absolute Gasteiger partial charge is 0.493 e. The second kappa shape index (κ2) is 14.0. The van der Waals surface area contributed by atoms with Crippen LogP contribution in [0.4, 0.5) is 4.39 Å². The molecule has 36 heavy (non-hydrogen) atoms. The summed E-state index contributed by atoms with van der Waals surface area (Å²) in [7, 11) is 0. The molecule has 2 aromatic rings. The van der Waals surface area contributed by atoms with Crippen LogP contribution in [-0.2, 0) is 28.0 Å². The van der Waals surface area contributed by atoms with E-state index < -0.39 is 5.91 Å². The van der Waals surface area contributed by atoms with Crippen LogP contribution in [0.5, 0.6) is 5.75 Å². The van der Waals surface area contributed by atoms with E-state index in [1.165, 1.54) is 30.0 Å². The Morgan fingerprint density at radius 3 is 2.56 bits per heavy atom. The third kappa shape index (κ3) is 9.26. The molecule has 1 aliphatic rings. The Morgan fingerprint density at radius 1 is 1.00 bits per heavy atom. The number of amides is 2. The van der Waals surface area contributed by atoms with Crippen LogP contribution in [0, 0.1) is 5.82 Å². The summed E-state index contributed by atoms with van der Waals surface area (Å²) >= 11 is 0. The zero-order chi connectivity index (χ0) is 25.8. The van der Waals surface area contributed by atoms with Crippen molar-refractivity contribution in [2.45, 2.75) is 76.7 Å². The van der Waals surface area contributed by atoms with Crippen molar-refractivity contribution in [1.29, 1.82) is 0 Å². The van der Waals surface area contributed by atoms with Gasteiger partial charge in [0.25, 0.3) is 0 Å². The predicted molar refractivity (Wildman–Crippen MR) is 140 cm³/mol. The number of primary amides is 1. The fraction of sp³-hybridized carbons (Fsp3) is 0.517. The van der Waals surface area contributed by atoms with Crippen LogP contribution in [0.3, 0.4) is 0 Å². The standard InChI is InChI=1S/C29H40FN3O3/c1-2-22-9-7-10-24(18-22)29(13-14-29)33-16-4-3-8-23-19-25(30)21-26(20-23)36-17-6-5-15-32-28(35)12-11-27(31)34/h7,9-10,18-21,33H,2-6,8,11-17H2,1H3,(H2,31,34)(H,32,35). The molecule has 0 radical (unpaired) electrons. The number of ether oxygens (including phenoxy) is 1. The van der Waals surface area contributed by atoms with Gasteiger partial charge in [0.05, 0.1) is 6.61 Å². The minimum absolute atomic E-state index is 0.0572. The van der Waals surface area contributed by atoms with Crippen LogP contribution in [0.15, 0.2) is 42.5 Å². The second-order valence-corrected chi connectivity index (χ2v) is 9.69. The van der Waals surface area contributed by atoms with E-state index in [4.69, 9.17) is 10.5 Å². The van der Waals surface area contributed by atoms with Crippen molar-refractivity contribution in [3.63, 3.8) is 0 Å². The van der Waals surface area contributed by atoms with E-state index in [1.54, 1.807) is 6.07 Å². The zero-order valence-corrected chi connectivity index (χ0v) is 21.4. The number of unbranched alkanes of at least 4 members (excludes halogenated alkanes) is 2. The Balaban J connectivity index is 1.31. The molecule has 0 aliphatic heterocycles. The summed E-state index contributed by atoms with van der Waals surface area (Å²) in [5, 5.41) is 6.51. The highest BCUT2D eigenvalue weighted by Crippen LogP contribution is 2.45. The summed E-state index contributed by atoms with van der Waals surface area (Å²) in [4.78, 5) is 22.2. The third-order valence-electron chi connectivity index (χ3n) is 6.68. The molecule has 0 atom stereocenters. The van der Waals surface area contributed by atoms with Crippen molar-refractivity contribution in [1.82, 2.24) is 10.6 Å². The number of rotatable bonds is 17. The van der Waals surface area contributed by atoms with Gasteiger partial charge in [-0.3, -0.25) is 9.59 Å². The highest BCUT2D eigenvalue weighted by molar-refractivity contribution is 5.82. The molecular weight excluding hydrogens is 457 g/mol. The minimum atomic E-state index is -0.482. The molecule has 0 saturated heterocycles. The molecule has 2 amide bonds. The molecule has 4 N–H and O–H groups in total. The van der Waals surface area contributed by atoms with Gasteiger partial charge in [0, 0.05) is 31.0 Å². The number of halogens is 1. The highest BCUT2D eigenvalue weighted by atomic mass is 19.1. The fourth-order valence-corrected chi connectivity index (χ4v) is 4.38. The molecule has 1 aliphatic carbocycles. The van der Waals surface area contributed by atoms with E-state index in [-0.39, 0.29) is 30.1 Å². The number of hydrogen-bond acceptors (Lipinski definition) is 4. The SMILES string of the molecule is CCc1cccc(C2(NCCCCc3cc(F)cc(OCCCCNC(=O)CCC(N)=O)c3)CC2)c1. The van der Waals surface area contributed by atoms with Crippen LogP contribution in [0.1, 0.15) is 75.0 Å². The van der Waals surface area contributed by atoms with Gasteiger partial charge in [0.1, 0.15) is 11.6 Å². The summed E-state index contributed by atoms with van der Waals surface area (Å²) in [5.74, 6) is -0.404. The van der Waals surface area contributed by atoms with Gasteiger partial charge in [0.2, 0.25) is 11.8 Å². The predicted octanol–water partition coefficient (Wildman–Crippen LogP) is 4.53. The second-order valence-electron chi connectivity index (χ2n) is 9.69. The van der Waals surface area contributed by atoms with Crippen LogP contribution < -0.4 is 21.1 Å². The van der Waals surface area contributed by atoms with Crippen molar-refractivity contribution in [2.75, 3.05) is 19.7 Å². The van der Waals surface area contributed by atoms with Crippen LogP contribution in [0.25, 0.3) is 0 Å². The van der Waals surface area contributed by atoms with E-state index >= 15 is 0 Å². The first-order valence-electron chi connectivity index (χ1n) is 13.2. The quantitative estimate of drug-likeness (QED) is 0.280. The zero-order valence-electron chi connectivity index (χ0n) is 21.4. The van der Waals surface area contributed by atoms with Crippen molar-refractivity contribution in [3.8, 4) is 5.75 Å². The maximum Gasteiger partial charge on any atom is 0.220 e. The molecule has 0 bridgehead atoms. The summed E-state index contributed by atoms with van der Waals surface area (Å²) in [6.07, 6.45) is 7.90. The first-order chi connectivity index (χ1) is 17.4. The molecule has 6 nitrogen and oxygen atoms in total. The summed E-state index contributed by atoms with van der Waals surface area (Å²) in [5.41, 5.74) is 8.92. The number of carbonyl (C=O) groups is 2. The molecule has 1 saturated carbocycles. The molecule has 0 unspecified atom stereocenters. The lowest BCUT2D eigenvalue weighted by Crippen LogP contribution is -2.29. The van der Waals surface area contributed by atoms with Gasteiger partial charge in [-0.2, -0.15) is 0 Å². The maximum absolute atomic E-state index is 14.1. The average molecular weight is 498 g/mol. The van der Waals surface area contributed by atoms with Gasteiger partial charge in [0.15, 0.2) is 0 Å². The topological polar surface area (TPSA) is 93.4 Å². The van der Waals surface area contributed by atoms with E-state index in [0.717, 1.165) is 50.6 Å². The van der Waals surface area contributed by atoms with Gasteiger partial charge in [-0.05, 0) is 86.7 Å². The summed E-state index contributed by atoms with van der Waals surface area (Å²) in [6.45, 7) is 4.10. The molecule has 196 valence electrons. The van der Waals surface area contributed by atoms with Crippen LogP contribution in [-0.4, -0.2) is 31.5 Å². The number of hydrogen-bond donors (Lipinski definition) is 3. The monoisotopic (exact) mass is 497 g/mol. The van der Waals surface area contributed by atoms with Crippen LogP contribution in [0.2, 0.25) is 0 Å². The Labute approximate surface area is 214 Å². The van der Waals surface area contributed by atoms with Gasteiger partial charge < -0.3 is 21.1 Å². The number of aryl methyl sites for hydroxylation is 2. The molecule has 1 fully saturated rings. The van der Waals surface area contributed by atoms with Gasteiger partial charge in [-0.1, -0.05) is 31.2 Å². The normalized spacial score (nSPS) is 13.8. The average Bonchev–Trinajstić information content (AvgIpc) is 3.65. The number of benzene rings is 2. The van der Waals surface area contributed by atoms with Gasteiger partial charge in [-0.15, -0.1) is 0 Å². The molecule has 0 spiro atoms. The Kier molecular flexibility index (Phi) is 10.7. The first kappa shape index (κ1) is 27.7. The summed E-state index contributed by atoms with van der Waals surface area (Å²) < 4.78 is 19.8. The van der Waals surface area contributed by atoms with Crippen molar-refractivity contribution < 1.29 is 18.7 Å².